The highest BCUT2D eigenvalue weighted by Gasteiger charge is 2.03. The van der Waals surface area contributed by atoms with Gasteiger partial charge in [-0.25, -0.2) is 4.39 Å². The van der Waals surface area contributed by atoms with Crippen LogP contribution in [-0.4, -0.2) is 5.91 Å². The van der Waals surface area contributed by atoms with Crippen molar-refractivity contribution in [2.45, 2.75) is 26.8 Å². The first-order valence-electron chi connectivity index (χ1n) is 7.56. The fourth-order valence-electron chi connectivity index (χ4n) is 2.03. The van der Waals surface area contributed by atoms with Gasteiger partial charge in [0.25, 0.3) is 0 Å². The van der Waals surface area contributed by atoms with E-state index in [2.05, 4.69) is 5.32 Å². The Morgan fingerprint density at radius 2 is 1.65 bits per heavy atom. The molecule has 0 heterocycles. The summed E-state index contributed by atoms with van der Waals surface area (Å²) < 4.78 is 18.5. The van der Waals surface area contributed by atoms with Crippen molar-refractivity contribution in [1.29, 1.82) is 0 Å². The van der Waals surface area contributed by atoms with Crippen LogP contribution in [0.3, 0.4) is 0 Å². The van der Waals surface area contributed by atoms with E-state index < -0.39 is 0 Å². The molecule has 2 aromatic carbocycles. The van der Waals surface area contributed by atoms with Crippen molar-refractivity contribution in [2.24, 2.45) is 0 Å². The Labute approximate surface area is 135 Å². The minimum atomic E-state index is -0.296. The van der Waals surface area contributed by atoms with Gasteiger partial charge >= 0.3 is 0 Å². The van der Waals surface area contributed by atoms with Crippen molar-refractivity contribution in [3.05, 3.63) is 71.6 Å². The third-order valence-corrected chi connectivity index (χ3v) is 3.29. The maximum absolute atomic E-state index is 12.8. The van der Waals surface area contributed by atoms with Gasteiger partial charge in [-0.15, -0.1) is 0 Å². The minimum absolute atomic E-state index is 0.0570. The van der Waals surface area contributed by atoms with E-state index >= 15 is 0 Å². The first kappa shape index (κ1) is 16.7. The summed E-state index contributed by atoms with van der Waals surface area (Å²) in [5, 5.41) is 2.87. The van der Waals surface area contributed by atoms with Crippen molar-refractivity contribution >= 4 is 5.91 Å². The van der Waals surface area contributed by atoms with Crippen LogP contribution in [0.4, 0.5) is 4.39 Å². The largest absolute Gasteiger partial charge is 0.457 e. The molecule has 120 valence electrons. The molecule has 1 N–H and O–H groups in total. The molecular formula is C19H20FNO2. The first-order chi connectivity index (χ1) is 11.1. The summed E-state index contributed by atoms with van der Waals surface area (Å²) in [5.74, 6) is 0.885. The predicted molar refractivity (Wildman–Crippen MR) is 88.8 cm³/mol. The zero-order chi connectivity index (χ0) is 16.7. The van der Waals surface area contributed by atoms with Crippen LogP contribution < -0.4 is 10.1 Å². The Kier molecular flexibility index (Phi) is 5.92. The molecule has 0 saturated heterocycles. The number of rotatable bonds is 6. The molecule has 2 aromatic rings. The summed E-state index contributed by atoms with van der Waals surface area (Å²) in [6, 6.07) is 13.3. The maximum Gasteiger partial charge on any atom is 0.246 e. The molecular weight excluding hydrogens is 293 g/mol. The minimum Gasteiger partial charge on any atom is -0.457 e. The summed E-state index contributed by atoms with van der Waals surface area (Å²) in [5.41, 5.74) is 1.71. The second-order valence-electron chi connectivity index (χ2n) is 5.18. The molecule has 0 aliphatic rings. The highest BCUT2D eigenvalue weighted by atomic mass is 19.1. The van der Waals surface area contributed by atoms with Gasteiger partial charge in [0.2, 0.25) is 5.91 Å². The van der Waals surface area contributed by atoms with Crippen LogP contribution in [0.5, 0.6) is 11.5 Å². The Bertz CT molecular complexity index is 676. The highest BCUT2D eigenvalue weighted by Crippen LogP contribution is 2.21. The highest BCUT2D eigenvalue weighted by molar-refractivity contribution is 5.92. The molecule has 0 aliphatic heterocycles. The molecule has 2 rings (SSSR count). The van der Waals surface area contributed by atoms with Gasteiger partial charge in [-0.1, -0.05) is 25.1 Å². The Hall–Kier alpha value is -2.62. The lowest BCUT2D eigenvalue weighted by atomic mass is 10.2. The van der Waals surface area contributed by atoms with Crippen LogP contribution >= 0.6 is 0 Å². The zero-order valence-corrected chi connectivity index (χ0v) is 13.3. The average Bonchev–Trinajstić information content (AvgIpc) is 2.56. The van der Waals surface area contributed by atoms with E-state index in [1.54, 1.807) is 19.1 Å². The number of carbonyl (C=O) groups excluding carboxylic acids is 1. The molecule has 0 bridgehead atoms. The summed E-state index contributed by atoms with van der Waals surface area (Å²) in [6.45, 7) is 4.26. The van der Waals surface area contributed by atoms with Gasteiger partial charge in [0.15, 0.2) is 0 Å². The second-order valence-corrected chi connectivity index (χ2v) is 5.18. The van der Waals surface area contributed by atoms with Gasteiger partial charge in [-0.3, -0.25) is 4.79 Å². The summed E-state index contributed by atoms with van der Waals surface area (Å²) >= 11 is 0. The monoisotopic (exact) mass is 313 g/mol. The van der Waals surface area contributed by atoms with E-state index in [0.29, 0.717) is 18.0 Å². The summed E-state index contributed by atoms with van der Waals surface area (Å²) in [4.78, 5) is 11.8. The van der Waals surface area contributed by atoms with E-state index in [1.165, 1.54) is 12.1 Å². The number of halogens is 1. The number of hydrogen-bond donors (Lipinski definition) is 1. The lowest BCUT2D eigenvalue weighted by Crippen LogP contribution is -2.23. The number of ether oxygens (including phenoxy) is 1. The predicted octanol–water partition coefficient (Wildman–Crippen LogP) is 4.59. The van der Waals surface area contributed by atoms with Crippen molar-refractivity contribution in [1.82, 2.24) is 5.32 Å². The molecule has 0 unspecified atom stereocenters. The molecule has 1 amide bonds. The van der Waals surface area contributed by atoms with E-state index in [-0.39, 0.29) is 11.7 Å². The van der Waals surface area contributed by atoms with Gasteiger partial charge in [0, 0.05) is 12.1 Å². The molecule has 23 heavy (non-hydrogen) atoms. The number of hydrogen-bond acceptors (Lipinski definition) is 2. The topological polar surface area (TPSA) is 38.3 Å². The number of amides is 1. The van der Waals surface area contributed by atoms with Crippen molar-refractivity contribution in [3.63, 3.8) is 0 Å². The smallest absolute Gasteiger partial charge is 0.246 e. The molecule has 0 atom stereocenters. The zero-order valence-electron chi connectivity index (χ0n) is 13.3. The summed E-state index contributed by atoms with van der Waals surface area (Å²) in [7, 11) is 0. The van der Waals surface area contributed by atoms with Gasteiger partial charge < -0.3 is 10.1 Å². The van der Waals surface area contributed by atoms with Gasteiger partial charge in [-0.2, -0.15) is 0 Å². The molecule has 0 fully saturated rings. The van der Waals surface area contributed by atoms with Crippen molar-refractivity contribution in [3.8, 4) is 11.5 Å². The average molecular weight is 313 g/mol. The second kappa shape index (κ2) is 8.13. The molecule has 3 nitrogen and oxygen atoms in total. The normalized spacial score (nSPS) is 11.2. The maximum atomic E-state index is 12.8. The van der Waals surface area contributed by atoms with Crippen LogP contribution in [0.2, 0.25) is 0 Å². The van der Waals surface area contributed by atoms with Crippen LogP contribution in [0.15, 0.2) is 60.2 Å². The molecule has 0 radical (unpaired) electrons. The Morgan fingerprint density at radius 1 is 1.09 bits per heavy atom. The lowest BCUT2D eigenvalue weighted by Gasteiger charge is -2.08. The SMILES string of the molecule is CC/C=C(/C)C(=O)NCc1ccc(Oc2ccc(F)cc2)cc1. The van der Waals surface area contributed by atoms with E-state index in [1.807, 2.05) is 37.3 Å². The third kappa shape index (κ3) is 5.25. The molecule has 4 heteroatoms. The number of nitrogens with one attached hydrogen (secondary N) is 1. The lowest BCUT2D eigenvalue weighted by molar-refractivity contribution is -0.117. The fraction of sp³-hybridized carbons (Fsp3) is 0.211. The Balaban J connectivity index is 1.90. The van der Waals surface area contributed by atoms with E-state index in [4.69, 9.17) is 4.74 Å². The molecule has 0 spiro atoms. The van der Waals surface area contributed by atoms with Crippen LogP contribution in [-0.2, 0) is 11.3 Å². The first-order valence-corrected chi connectivity index (χ1v) is 7.56. The quantitative estimate of drug-likeness (QED) is 0.792. The van der Waals surface area contributed by atoms with Crippen molar-refractivity contribution in [2.75, 3.05) is 0 Å². The van der Waals surface area contributed by atoms with Crippen LogP contribution in [0.1, 0.15) is 25.8 Å². The van der Waals surface area contributed by atoms with Crippen molar-refractivity contribution < 1.29 is 13.9 Å². The Morgan fingerprint density at radius 3 is 2.22 bits per heavy atom. The standard InChI is InChI=1S/C19H20FNO2/c1-3-4-14(2)19(22)21-13-15-5-9-17(10-6-15)23-18-11-7-16(20)8-12-18/h4-12H,3,13H2,1-2H3,(H,21,22)/b14-4-. The fourth-order valence-corrected chi connectivity index (χ4v) is 2.03. The number of allylic oxidation sites excluding steroid dienone is 1. The molecule has 0 aliphatic carbocycles. The third-order valence-electron chi connectivity index (χ3n) is 3.29. The van der Waals surface area contributed by atoms with Crippen LogP contribution in [0, 0.1) is 5.82 Å². The van der Waals surface area contributed by atoms with Gasteiger partial charge in [0.05, 0.1) is 0 Å². The summed E-state index contributed by atoms with van der Waals surface area (Å²) in [6.07, 6.45) is 2.74. The number of benzene rings is 2. The van der Waals surface area contributed by atoms with E-state index in [0.717, 1.165) is 17.6 Å². The molecule has 0 aromatic heterocycles. The van der Waals surface area contributed by atoms with Gasteiger partial charge in [-0.05, 0) is 55.3 Å². The van der Waals surface area contributed by atoms with E-state index in [9.17, 15) is 9.18 Å². The number of carbonyl (C=O) groups is 1. The molecule has 0 saturated carbocycles. The van der Waals surface area contributed by atoms with Gasteiger partial charge in [0.1, 0.15) is 17.3 Å². The van der Waals surface area contributed by atoms with Crippen LogP contribution in [0.25, 0.3) is 0 Å².